The predicted molar refractivity (Wildman–Crippen MR) is 109 cm³/mol. The molecule has 1 heterocycles. The monoisotopic (exact) mass is 343 g/mol. The summed E-state index contributed by atoms with van der Waals surface area (Å²) in [7, 11) is 0. The third kappa shape index (κ3) is 6.58. The van der Waals surface area contributed by atoms with Crippen LogP contribution in [0.1, 0.15) is 31.9 Å². The first-order chi connectivity index (χ1) is 12.0. The van der Waals surface area contributed by atoms with Crippen LogP contribution in [0.4, 0.5) is 0 Å². The summed E-state index contributed by atoms with van der Waals surface area (Å²) in [6.45, 7) is 22.2. The van der Waals surface area contributed by atoms with Crippen molar-refractivity contribution in [3.63, 3.8) is 0 Å². The Balaban J connectivity index is 2.20. The average Bonchev–Trinajstić information content (AvgIpc) is 2.67. The summed E-state index contributed by atoms with van der Waals surface area (Å²) in [6, 6.07) is 9.63. The standard InChI is InChI=1S/C22H37N3/c1-6-23-12-13-24(7-2)18-22(25(15-14-23)17-19(3)4)16-21-10-8-20(5)9-11-21/h8-11,22H,3,6-7,12-18H2,1-2,4-5H3. The lowest BCUT2D eigenvalue weighted by Gasteiger charge is -2.34. The van der Waals surface area contributed by atoms with E-state index in [1.807, 2.05) is 0 Å². The molecule has 0 bridgehead atoms. The van der Waals surface area contributed by atoms with E-state index in [1.54, 1.807) is 0 Å². The lowest BCUT2D eigenvalue weighted by molar-refractivity contribution is 0.160. The zero-order chi connectivity index (χ0) is 18.2. The Bertz CT molecular complexity index is 523. The molecular weight excluding hydrogens is 306 g/mol. The van der Waals surface area contributed by atoms with E-state index in [9.17, 15) is 0 Å². The van der Waals surface area contributed by atoms with Gasteiger partial charge in [-0.15, -0.1) is 0 Å². The summed E-state index contributed by atoms with van der Waals surface area (Å²) >= 11 is 0. The SMILES string of the molecule is C=C(C)CN1CCN(CC)CCN(CC)CC1Cc1ccc(C)cc1. The van der Waals surface area contributed by atoms with E-state index in [4.69, 9.17) is 0 Å². The molecule has 1 aliphatic rings. The van der Waals surface area contributed by atoms with E-state index in [1.165, 1.54) is 29.8 Å². The Morgan fingerprint density at radius 2 is 1.60 bits per heavy atom. The fourth-order valence-electron chi connectivity index (χ4n) is 3.70. The van der Waals surface area contributed by atoms with Crippen molar-refractivity contribution in [3.8, 4) is 0 Å². The molecule has 25 heavy (non-hydrogen) atoms. The van der Waals surface area contributed by atoms with Crippen molar-refractivity contribution in [2.45, 2.75) is 40.2 Å². The quantitative estimate of drug-likeness (QED) is 0.733. The number of aryl methyl sites for hydroxylation is 1. The molecule has 1 aliphatic heterocycles. The second-order valence-electron chi connectivity index (χ2n) is 7.60. The highest BCUT2D eigenvalue weighted by Gasteiger charge is 2.24. The first-order valence-corrected chi connectivity index (χ1v) is 9.90. The number of hydrogen-bond acceptors (Lipinski definition) is 3. The predicted octanol–water partition coefficient (Wildman–Crippen LogP) is 3.44. The van der Waals surface area contributed by atoms with Gasteiger partial charge in [0, 0.05) is 45.3 Å². The fraction of sp³-hybridized carbons (Fsp3) is 0.636. The maximum Gasteiger partial charge on any atom is 0.0267 e. The molecule has 0 saturated carbocycles. The largest absolute Gasteiger partial charge is 0.301 e. The van der Waals surface area contributed by atoms with E-state index < -0.39 is 0 Å². The smallest absolute Gasteiger partial charge is 0.0267 e. The minimum absolute atomic E-state index is 0.552. The summed E-state index contributed by atoms with van der Waals surface area (Å²) in [6.07, 6.45) is 1.12. The van der Waals surface area contributed by atoms with E-state index in [2.05, 4.69) is 73.2 Å². The second kappa shape index (κ2) is 10.1. The zero-order valence-electron chi connectivity index (χ0n) is 16.8. The third-order valence-corrected chi connectivity index (χ3v) is 5.38. The van der Waals surface area contributed by atoms with Crippen LogP contribution in [0, 0.1) is 6.92 Å². The second-order valence-corrected chi connectivity index (χ2v) is 7.60. The van der Waals surface area contributed by atoms with Crippen molar-refractivity contribution < 1.29 is 0 Å². The van der Waals surface area contributed by atoms with Crippen LogP contribution in [-0.2, 0) is 6.42 Å². The van der Waals surface area contributed by atoms with E-state index in [0.29, 0.717) is 6.04 Å². The number of likely N-dealkylation sites (N-methyl/N-ethyl adjacent to an activating group) is 2. The maximum absolute atomic E-state index is 4.19. The fourth-order valence-corrected chi connectivity index (χ4v) is 3.70. The first kappa shape index (κ1) is 20.2. The van der Waals surface area contributed by atoms with Gasteiger partial charge in [0.15, 0.2) is 0 Å². The van der Waals surface area contributed by atoms with Crippen molar-refractivity contribution >= 4 is 0 Å². The Kier molecular flexibility index (Phi) is 8.14. The summed E-state index contributed by atoms with van der Waals surface area (Å²) in [4.78, 5) is 7.87. The van der Waals surface area contributed by atoms with Crippen LogP contribution in [-0.4, -0.2) is 73.1 Å². The van der Waals surface area contributed by atoms with Crippen molar-refractivity contribution in [3.05, 3.63) is 47.5 Å². The first-order valence-electron chi connectivity index (χ1n) is 9.90. The van der Waals surface area contributed by atoms with Crippen molar-refractivity contribution in [2.75, 3.05) is 52.4 Å². The van der Waals surface area contributed by atoms with Crippen LogP contribution < -0.4 is 0 Å². The molecule has 1 unspecified atom stereocenters. The molecule has 1 aromatic carbocycles. The minimum atomic E-state index is 0.552. The van der Waals surface area contributed by atoms with Crippen molar-refractivity contribution in [2.24, 2.45) is 0 Å². The number of benzene rings is 1. The maximum atomic E-state index is 4.19. The van der Waals surface area contributed by atoms with Gasteiger partial charge in [-0.2, -0.15) is 0 Å². The Hall–Kier alpha value is -1.16. The van der Waals surface area contributed by atoms with Crippen molar-refractivity contribution in [1.29, 1.82) is 0 Å². The molecule has 0 N–H and O–H groups in total. The van der Waals surface area contributed by atoms with Crippen LogP contribution in [0.25, 0.3) is 0 Å². The molecule has 0 radical (unpaired) electrons. The van der Waals surface area contributed by atoms with E-state index >= 15 is 0 Å². The highest BCUT2D eigenvalue weighted by molar-refractivity contribution is 5.22. The summed E-state index contributed by atoms with van der Waals surface area (Å²) in [5.74, 6) is 0. The van der Waals surface area contributed by atoms with Crippen LogP contribution in [0.5, 0.6) is 0 Å². The third-order valence-electron chi connectivity index (χ3n) is 5.38. The molecule has 0 aromatic heterocycles. The van der Waals surface area contributed by atoms with Crippen LogP contribution >= 0.6 is 0 Å². The zero-order valence-corrected chi connectivity index (χ0v) is 16.8. The van der Waals surface area contributed by atoms with Gasteiger partial charge < -0.3 is 9.80 Å². The molecule has 2 rings (SSSR count). The van der Waals surface area contributed by atoms with Gasteiger partial charge in [-0.25, -0.2) is 0 Å². The minimum Gasteiger partial charge on any atom is -0.301 e. The van der Waals surface area contributed by atoms with Gasteiger partial charge in [0.05, 0.1) is 0 Å². The number of nitrogens with zero attached hydrogens (tertiary/aromatic N) is 3. The molecule has 0 aliphatic carbocycles. The summed E-state index contributed by atoms with van der Waals surface area (Å²) in [5, 5.41) is 0. The molecule has 1 saturated heterocycles. The van der Waals surface area contributed by atoms with Gasteiger partial charge in [0.1, 0.15) is 0 Å². The van der Waals surface area contributed by atoms with E-state index in [0.717, 1.165) is 45.7 Å². The average molecular weight is 344 g/mol. The molecule has 1 atom stereocenters. The lowest BCUT2D eigenvalue weighted by Crippen LogP contribution is -2.46. The van der Waals surface area contributed by atoms with Gasteiger partial charge in [0.2, 0.25) is 0 Å². The topological polar surface area (TPSA) is 9.72 Å². The van der Waals surface area contributed by atoms with Gasteiger partial charge in [-0.1, -0.05) is 55.8 Å². The molecular formula is C22H37N3. The van der Waals surface area contributed by atoms with Crippen LogP contribution in [0.2, 0.25) is 0 Å². The number of rotatable bonds is 6. The van der Waals surface area contributed by atoms with Gasteiger partial charge >= 0.3 is 0 Å². The highest BCUT2D eigenvalue weighted by Crippen LogP contribution is 2.15. The Labute approximate surface area is 155 Å². The van der Waals surface area contributed by atoms with Gasteiger partial charge in [-0.3, -0.25) is 4.90 Å². The lowest BCUT2D eigenvalue weighted by atomic mass is 10.0. The summed E-state index contributed by atoms with van der Waals surface area (Å²) in [5.41, 5.74) is 4.05. The summed E-state index contributed by atoms with van der Waals surface area (Å²) < 4.78 is 0. The normalized spacial score (nSPS) is 21.5. The molecule has 1 fully saturated rings. The van der Waals surface area contributed by atoms with Crippen LogP contribution in [0.15, 0.2) is 36.4 Å². The van der Waals surface area contributed by atoms with Gasteiger partial charge in [0.25, 0.3) is 0 Å². The van der Waals surface area contributed by atoms with E-state index in [-0.39, 0.29) is 0 Å². The number of hydrogen-bond donors (Lipinski definition) is 0. The molecule has 140 valence electrons. The molecule has 1 aromatic rings. The Morgan fingerprint density at radius 3 is 2.20 bits per heavy atom. The molecule has 0 spiro atoms. The molecule has 3 heteroatoms. The highest BCUT2D eigenvalue weighted by atomic mass is 15.3. The van der Waals surface area contributed by atoms with Gasteiger partial charge in [-0.05, 0) is 38.9 Å². The molecule has 0 amide bonds. The molecule has 3 nitrogen and oxygen atoms in total. The van der Waals surface area contributed by atoms with Crippen LogP contribution in [0.3, 0.4) is 0 Å². The Morgan fingerprint density at radius 1 is 1.00 bits per heavy atom. The van der Waals surface area contributed by atoms with Crippen molar-refractivity contribution in [1.82, 2.24) is 14.7 Å².